The summed E-state index contributed by atoms with van der Waals surface area (Å²) in [5.41, 5.74) is 0. The Kier molecular flexibility index (Phi) is 6.40. The number of ether oxygens (including phenoxy) is 1. The van der Waals surface area contributed by atoms with Crippen molar-refractivity contribution >= 4 is 22.4 Å². The predicted molar refractivity (Wildman–Crippen MR) is 81.0 cm³/mol. The Morgan fingerprint density at radius 1 is 1.43 bits per heavy atom. The van der Waals surface area contributed by atoms with Gasteiger partial charge < -0.3 is 10.1 Å². The van der Waals surface area contributed by atoms with Crippen molar-refractivity contribution in [3.63, 3.8) is 0 Å². The Bertz CT molecular complexity index is 583. The van der Waals surface area contributed by atoms with E-state index >= 15 is 0 Å². The Morgan fingerprint density at radius 3 is 2.71 bits per heavy atom. The first-order valence-corrected chi connectivity index (χ1v) is 7.94. The van der Waals surface area contributed by atoms with E-state index in [0.717, 1.165) is 18.9 Å². The maximum absolute atomic E-state index is 13.7. The Hall–Kier alpha value is -0.890. The van der Waals surface area contributed by atoms with Crippen molar-refractivity contribution in [2.45, 2.75) is 23.8 Å². The van der Waals surface area contributed by atoms with Crippen LogP contribution >= 0.6 is 12.4 Å². The first kappa shape index (κ1) is 18.2. The predicted octanol–water partition coefficient (Wildman–Crippen LogP) is 1.63. The molecule has 1 unspecified atom stereocenters. The maximum atomic E-state index is 13.7. The number of methoxy groups -OCH3 is 1. The van der Waals surface area contributed by atoms with Gasteiger partial charge in [-0.25, -0.2) is 12.8 Å². The average Bonchev–Trinajstić information content (AvgIpc) is 2.47. The number of halogens is 2. The molecule has 0 bridgehead atoms. The Morgan fingerprint density at radius 2 is 2.14 bits per heavy atom. The number of hydrogen-bond donors (Lipinski definition) is 1. The van der Waals surface area contributed by atoms with Crippen LogP contribution in [0.2, 0.25) is 0 Å². The topological polar surface area (TPSA) is 58.6 Å². The lowest BCUT2D eigenvalue weighted by molar-refractivity contribution is 0.292. The highest BCUT2D eigenvalue weighted by Crippen LogP contribution is 2.25. The summed E-state index contributed by atoms with van der Waals surface area (Å²) in [5, 5.41) is 3.09. The number of likely N-dealkylation sites (N-methyl/N-ethyl adjacent to an activating group) is 1. The molecular weight excluding hydrogens is 319 g/mol. The van der Waals surface area contributed by atoms with Crippen molar-refractivity contribution < 1.29 is 17.5 Å². The van der Waals surface area contributed by atoms with Crippen LogP contribution in [-0.4, -0.2) is 46.0 Å². The molecule has 1 fully saturated rings. The molecule has 0 amide bonds. The summed E-state index contributed by atoms with van der Waals surface area (Å²) >= 11 is 0. The SMILES string of the molecule is CNC1CCCN(S(=O)(=O)c2ccc(OC)c(F)c2)C1.Cl. The van der Waals surface area contributed by atoms with Gasteiger partial charge in [-0.05, 0) is 38.1 Å². The molecule has 1 N–H and O–H groups in total. The lowest BCUT2D eigenvalue weighted by atomic mass is 10.1. The van der Waals surface area contributed by atoms with Crippen LogP contribution in [0, 0.1) is 5.82 Å². The van der Waals surface area contributed by atoms with Gasteiger partial charge in [-0.1, -0.05) is 0 Å². The van der Waals surface area contributed by atoms with Crippen molar-refractivity contribution in [2.24, 2.45) is 0 Å². The van der Waals surface area contributed by atoms with E-state index in [4.69, 9.17) is 4.74 Å². The highest BCUT2D eigenvalue weighted by Gasteiger charge is 2.30. The fourth-order valence-electron chi connectivity index (χ4n) is 2.35. The highest BCUT2D eigenvalue weighted by atomic mass is 35.5. The molecule has 1 atom stereocenters. The molecule has 8 heteroatoms. The fraction of sp³-hybridized carbons (Fsp3) is 0.538. The number of hydrogen-bond acceptors (Lipinski definition) is 4. The second-order valence-electron chi connectivity index (χ2n) is 4.79. The van der Waals surface area contributed by atoms with Crippen LogP contribution in [0.25, 0.3) is 0 Å². The van der Waals surface area contributed by atoms with Crippen molar-refractivity contribution in [2.75, 3.05) is 27.2 Å². The molecule has 1 aliphatic rings. The fourth-order valence-corrected chi connectivity index (χ4v) is 3.89. The molecule has 21 heavy (non-hydrogen) atoms. The maximum Gasteiger partial charge on any atom is 0.243 e. The molecule has 0 aliphatic carbocycles. The molecule has 1 saturated heterocycles. The third kappa shape index (κ3) is 3.85. The summed E-state index contributed by atoms with van der Waals surface area (Å²) in [6.07, 6.45) is 1.74. The molecule has 1 aromatic rings. The monoisotopic (exact) mass is 338 g/mol. The van der Waals surface area contributed by atoms with E-state index in [2.05, 4.69) is 5.32 Å². The van der Waals surface area contributed by atoms with Gasteiger partial charge >= 0.3 is 0 Å². The number of benzene rings is 1. The second kappa shape index (κ2) is 7.40. The molecule has 120 valence electrons. The third-order valence-corrected chi connectivity index (χ3v) is 5.41. The summed E-state index contributed by atoms with van der Waals surface area (Å²) in [6, 6.07) is 3.86. The normalized spacial score (nSPS) is 19.9. The van der Waals surface area contributed by atoms with Gasteiger partial charge in [0.05, 0.1) is 12.0 Å². The minimum absolute atomic E-state index is 0. The number of nitrogens with one attached hydrogen (secondary N) is 1. The minimum Gasteiger partial charge on any atom is -0.494 e. The zero-order chi connectivity index (χ0) is 14.8. The van der Waals surface area contributed by atoms with E-state index in [9.17, 15) is 12.8 Å². The van der Waals surface area contributed by atoms with Gasteiger partial charge in [-0.15, -0.1) is 12.4 Å². The molecule has 0 saturated carbocycles. The van der Waals surface area contributed by atoms with Crippen LogP contribution in [0.15, 0.2) is 23.1 Å². The molecule has 1 aromatic carbocycles. The summed E-state index contributed by atoms with van der Waals surface area (Å²) in [4.78, 5) is -0.0347. The number of sulfonamides is 1. The van der Waals surface area contributed by atoms with Crippen LogP contribution in [0.1, 0.15) is 12.8 Å². The number of rotatable bonds is 4. The third-order valence-electron chi connectivity index (χ3n) is 3.55. The highest BCUT2D eigenvalue weighted by molar-refractivity contribution is 7.89. The number of piperidine rings is 1. The van der Waals surface area contributed by atoms with Crippen molar-refractivity contribution in [1.29, 1.82) is 0 Å². The molecular formula is C13H20ClFN2O3S. The van der Waals surface area contributed by atoms with Gasteiger partial charge in [0.25, 0.3) is 0 Å². The van der Waals surface area contributed by atoms with Gasteiger partial charge in [-0.3, -0.25) is 0 Å². The van der Waals surface area contributed by atoms with Crippen molar-refractivity contribution in [3.8, 4) is 5.75 Å². The van der Waals surface area contributed by atoms with E-state index in [1.807, 2.05) is 7.05 Å². The molecule has 0 radical (unpaired) electrons. The first-order valence-electron chi connectivity index (χ1n) is 6.50. The first-order chi connectivity index (χ1) is 9.48. The van der Waals surface area contributed by atoms with E-state index in [1.54, 1.807) is 0 Å². The van der Waals surface area contributed by atoms with Crippen LogP contribution in [0.5, 0.6) is 5.75 Å². The van der Waals surface area contributed by atoms with Gasteiger partial charge in [0, 0.05) is 19.1 Å². The van der Waals surface area contributed by atoms with Gasteiger partial charge in [0.15, 0.2) is 11.6 Å². The van der Waals surface area contributed by atoms with Crippen molar-refractivity contribution in [3.05, 3.63) is 24.0 Å². The van der Waals surface area contributed by atoms with Gasteiger partial charge in [-0.2, -0.15) is 4.31 Å². The Labute approximate surface area is 130 Å². The molecule has 2 rings (SSSR count). The molecule has 0 spiro atoms. The molecule has 1 aliphatic heterocycles. The summed E-state index contributed by atoms with van der Waals surface area (Å²) in [7, 11) is -0.499. The summed E-state index contributed by atoms with van der Waals surface area (Å²) < 4.78 is 44.9. The smallest absolute Gasteiger partial charge is 0.243 e. The largest absolute Gasteiger partial charge is 0.494 e. The lowest BCUT2D eigenvalue weighted by Crippen LogP contribution is -2.46. The van der Waals surface area contributed by atoms with Crippen LogP contribution in [0.4, 0.5) is 4.39 Å². The molecule has 5 nitrogen and oxygen atoms in total. The second-order valence-corrected chi connectivity index (χ2v) is 6.73. The van der Waals surface area contributed by atoms with Crippen LogP contribution in [0.3, 0.4) is 0 Å². The van der Waals surface area contributed by atoms with Crippen LogP contribution < -0.4 is 10.1 Å². The van der Waals surface area contributed by atoms with E-state index in [1.165, 1.54) is 23.5 Å². The number of nitrogens with zero attached hydrogens (tertiary/aromatic N) is 1. The summed E-state index contributed by atoms with van der Waals surface area (Å²) in [5.74, 6) is -0.633. The zero-order valence-electron chi connectivity index (χ0n) is 12.0. The quantitative estimate of drug-likeness (QED) is 0.906. The van der Waals surface area contributed by atoms with E-state index < -0.39 is 15.8 Å². The summed E-state index contributed by atoms with van der Waals surface area (Å²) in [6.45, 7) is 0.876. The Balaban J connectivity index is 0.00000220. The van der Waals surface area contributed by atoms with Crippen LogP contribution in [-0.2, 0) is 10.0 Å². The van der Waals surface area contributed by atoms with Crippen molar-refractivity contribution in [1.82, 2.24) is 9.62 Å². The van der Waals surface area contributed by atoms with Gasteiger partial charge in [0.2, 0.25) is 10.0 Å². The zero-order valence-corrected chi connectivity index (χ0v) is 13.6. The van der Waals surface area contributed by atoms with E-state index in [0.29, 0.717) is 13.1 Å². The lowest BCUT2D eigenvalue weighted by Gasteiger charge is -2.31. The van der Waals surface area contributed by atoms with Gasteiger partial charge in [0.1, 0.15) is 0 Å². The van der Waals surface area contributed by atoms with E-state index in [-0.39, 0.29) is 29.1 Å². The average molecular weight is 339 g/mol. The minimum atomic E-state index is -3.65. The standard InChI is InChI=1S/C13H19FN2O3S.ClH/c1-15-10-4-3-7-16(9-10)20(17,18)11-5-6-13(19-2)12(14)8-11;/h5-6,8,10,15H,3-4,7,9H2,1-2H3;1H. The molecule has 0 aromatic heterocycles. The molecule has 1 heterocycles.